The van der Waals surface area contributed by atoms with Gasteiger partial charge in [0.15, 0.2) is 0 Å². The van der Waals surface area contributed by atoms with Crippen LogP contribution in [0.15, 0.2) is 83.5 Å². The van der Waals surface area contributed by atoms with Crippen LogP contribution in [-0.4, -0.2) is 34.2 Å². The molecule has 0 atom stereocenters. The lowest BCUT2D eigenvalue weighted by Gasteiger charge is -2.00. The third-order valence-electron chi connectivity index (χ3n) is 3.52. The molecule has 3 aromatic rings. The Morgan fingerprint density at radius 2 is 1.25 bits per heavy atom. The maximum Gasteiger partial charge on any atom is 0.272 e. The second kappa shape index (κ2) is 9.48. The minimum Gasteiger partial charge on any atom is -0.267 e. The largest absolute Gasteiger partial charge is 0.272 e. The first-order chi connectivity index (χ1) is 13.7. The monoisotopic (exact) mass is 372 g/mol. The van der Waals surface area contributed by atoms with Crippen LogP contribution in [0.1, 0.15) is 31.8 Å². The SMILES string of the molecule is O=C(N/N=C/c1cccc(/C=N/NC(=O)c2cccnc2)c1)c1cccnc1. The number of aromatic nitrogens is 2. The molecule has 3 rings (SSSR count). The van der Waals surface area contributed by atoms with Crippen LogP contribution in [0.2, 0.25) is 0 Å². The van der Waals surface area contributed by atoms with E-state index in [2.05, 4.69) is 31.0 Å². The van der Waals surface area contributed by atoms with E-state index in [0.29, 0.717) is 11.1 Å². The Bertz CT molecular complexity index is 925. The molecule has 28 heavy (non-hydrogen) atoms. The molecule has 1 aromatic carbocycles. The number of hydrazone groups is 2. The van der Waals surface area contributed by atoms with Gasteiger partial charge in [-0.05, 0) is 41.5 Å². The van der Waals surface area contributed by atoms with Gasteiger partial charge < -0.3 is 0 Å². The third kappa shape index (κ3) is 5.40. The molecule has 0 spiro atoms. The smallest absolute Gasteiger partial charge is 0.267 e. The van der Waals surface area contributed by atoms with Gasteiger partial charge in [-0.25, -0.2) is 10.9 Å². The standard InChI is InChI=1S/C20H16N6O2/c27-19(17-6-2-8-21-13-17)25-23-11-15-4-1-5-16(10-15)12-24-26-20(28)18-7-3-9-22-14-18/h1-14H,(H,25,27)(H,26,28)/b23-11+,24-12+. The molecule has 2 amide bonds. The van der Waals surface area contributed by atoms with E-state index in [1.165, 1.54) is 24.8 Å². The Hall–Kier alpha value is -4.20. The molecule has 0 unspecified atom stereocenters. The van der Waals surface area contributed by atoms with Crippen molar-refractivity contribution in [1.29, 1.82) is 0 Å². The Balaban J connectivity index is 1.56. The van der Waals surface area contributed by atoms with E-state index in [9.17, 15) is 9.59 Å². The molecule has 2 heterocycles. The summed E-state index contributed by atoms with van der Waals surface area (Å²) in [4.78, 5) is 31.6. The fourth-order valence-electron chi connectivity index (χ4n) is 2.17. The molecule has 0 saturated heterocycles. The van der Waals surface area contributed by atoms with Crippen molar-refractivity contribution < 1.29 is 9.59 Å². The number of amides is 2. The van der Waals surface area contributed by atoms with Crippen molar-refractivity contribution in [3.63, 3.8) is 0 Å². The van der Waals surface area contributed by atoms with Crippen molar-refractivity contribution in [1.82, 2.24) is 20.8 Å². The first-order valence-electron chi connectivity index (χ1n) is 8.29. The molecular weight excluding hydrogens is 356 g/mol. The van der Waals surface area contributed by atoms with Crippen molar-refractivity contribution in [2.45, 2.75) is 0 Å². The summed E-state index contributed by atoms with van der Waals surface area (Å²) < 4.78 is 0. The highest BCUT2D eigenvalue weighted by Gasteiger charge is 2.03. The second-order valence-electron chi connectivity index (χ2n) is 5.55. The zero-order valence-corrected chi connectivity index (χ0v) is 14.7. The first kappa shape index (κ1) is 18.6. The number of nitrogens with one attached hydrogen (secondary N) is 2. The number of pyridine rings is 2. The van der Waals surface area contributed by atoms with Crippen LogP contribution in [0.4, 0.5) is 0 Å². The van der Waals surface area contributed by atoms with Crippen molar-refractivity contribution in [3.05, 3.63) is 95.6 Å². The van der Waals surface area contributed by atoms with Crippen molar-refractivity contribution >= 4 is 24.2 Å². The molecule has 0 aliphatic heterocycles. The summed E-state index contributed by atoms with van der Waals surface area (Å²) in [5.74, 6) is -0.694. The van der Waals surface area contributed by atoms with Gasteiger partial charge in [0.1, 0.15) is 0 Å². The van der Waals surface area contributed by atoms with Gasteiger partial charge >= 0.3 is 0 Å². The zero-order valence-electron chi connectivity index (χ0n) is 14.7. The van der Waals surface area contributed by atoms with Gasteiger partial charge in [0.2, 0.25) is 0 Å². The summed E-state index contributed by atoms with van der Waals surface area (Å²) in [6, 6.07) is 13.9. The molecule has 0 aliphatic rings. The normalized spacial score (nSPS) is 10.9. The van der Waals surface area contributed by atoms with Crippen molar-refractivity contribution in [3.8, 4) is 0 Å². The van der Waals surface area contributed by atoms with Gasteiger partial charge in [-0.15, -0.1) is 0 Å². The second-order valence-corrected chi connectivity index (χ2v) is 5.55. The zero-order chi connectivity index (χ0) is 19.6. The van der Waals surface area contributed by atoms with E-state index in [1.54, 1.807) is 42.7 Å². The molecule has 2 N–H and O–H groups in total. The summed E-state index contributed by atoms with van der Waals surface area (Å²) >= 11 is 0. The lowest BCUT2D eigenvalue weighted by Crippen LogP contribution is -2.17. The average Bonchev–Trinajstić information content (AvgIpc) is 2.75. The van der Waals surface area contributed by atoms with Gasteiger partial charge in [0.25, 0.3) is 11.8 Å². The van der Waals surface area contributed by atoms with Crippen LogP contribution in [0.25, 0.3) is 0 Å². The van der Waals surface area contributed by atoms with Crippen LogP contribution in [-0.2, 0) is 0 Å². The number of nitrogens with zero attached hydrogens (tertiary/aromatic N) is 4. The quantitative estimate of drug-likeness (QED) is 0.509. The third-order valence-corrected chi connectivity index (χ3v) is 3.52. The molecule has 0 radical (unpaired) electrons. The van der Waals surface area contributed by atoms with E-state index in [1.807, 2.05) is 18.2 Å². The predicted molar refractivity (Wildman–Crippen MR) is 105 cm³/mol. The first-order valence-corrected chi connectivity index (χ1v) is 8.29. The van der Waals surface area contributed by atoms with Crippen molar-refractivity contribution in [2.24, 2.45) is 10.2 Å². The van der Waals surface area contributed by atoms with Crippen LogP contribution in [0.5, 0.6) is 0 Å². The van der Waals surface area contributed by atoms with Crippen LogP contribution >= 0.6 is 0 Å². The lowest BCUT2D eigenvalue weighted by molar-refractivity contribution is 0.0946. The highest BCUT2D eigenvalue weighted by Crippen LogP contribution is 2.01. The molecule has 0 aliphatic carbocycles. The Kier molecular flexibility index (Phi) is 6.30. The number of benzene rings is 1. The number of hydrogen-bond donors (Lipinski definition) is 2. The van der Waals surface area contributed by atoms with Gasteiger partial charge in [-0.2, -0.15) is 10.2 Å². The highest BCUT2D eigenvalue weighted by atomic mass is 16.2. The molecule has 0 fully saturated rings. The van der Waals surface area contributed by atoms with E-state index in [0.717, 1.165) is 11.1 Å². The van der Waals surface area contributed by atoms with E-state index in [-0.39, 0.29) is 11.8 Å². The van der Waals surface area contributed by atoms with Crippen molar-refractivity contribution in [2.75, 3.05) is 0 Å². The van der Waals surface area contributed by atoms with Crippen LogP contribution in [0, 0.1) is 0 Å². The number of rotatable bonds is 6. The molecule has 138 valence electrons. The topological polar surface area (TPSA) is 109 Å². The summed E-state index contributed by atoms with van der Waals surface area (Å²) in [6.45, 7) is 0. The number of hydrogen-bond acceptors (Lipinski definition) is 6. The predicted octanol–water partition coefficient (Wildman–Crippen LogP) is 2.00. The summed E-state index contributed by atoms with van der Waals surface area (Å²) in [6.07, 6.45) is 9.13. The summed E-state index contributed by atoms with van der Waals surface area (Å²) in [5, 5.41) is 7.87. The lowest BCUT2D eigenvalue weighted by atomic mass is 10.1. The van der Waals surface area contributed by atoms with Gasteiger partial charge in [-0.3, -0.25) is 19.6 Å². The molecular formula is C20H16N6O2. The highest BCUT2D eigenvalue weighted by molar-refractivity contribution is 5.95. The van der Waals surface area contributed by atoms with Crippen LogP contribution < -0.4 is 10.9 Å². The molecule has 0 bridgehead atoms. The number of carbonyl (C=O) groups excluding carboxylic acids is 2. The molecule has 8 heteroatoms. The minimum absolute atomic E-state index is 0.347. The fraction of sp³-hybridized carbons (Fsp3) is 0. The molecule has 0 saturated carbocycles. The Labute approximate surface area is 161 Å². The van der Waals surface area contributed by atoms with E-state index < -0.39 is 0 Å². The molecule has 2 aromatic heterocycles. The van der Waals surface area contributed by atoms with Gasteiger partial charge in [0, 0.05) is 24.8 Å². The van der Waals surface area contributed by atoms with Gasteiger partial charge in [-0.1, -0.05) is 18.2 Å². The van der Waals surface area contributed by atoms with Gasteiger partial charge in [0.05, 0.1) is 23.6 Å². The van der Waals surface area contributed by atoms with E-state index in [4.69, 9.17) is 0 Å². The maximum atomic E-state index is 11.9. The summed E-state index contributed by atoms with van der Waals surface area (Å²) in [7, 11) is 0. The van der Waals surface area contributed by atoms with E-state index >= 15 is 0 Å². The van der Waals surface area contributed by atoms with Crippen LogP contribution in [0.3, 0.4) is 0 Å². The summed E-state index contributed by atoms with van der Waals surface area (Å²) in [5.41, 5.74) is 7.23. The Morgan fingerprint density at radius 1 is 0.750 bits per heavy atom. The Morgan fingerprint density at radius 3 is 1.68 bits per heavy atom. The maximum absolute atomic E-state index is 11.9. The number of carbonyl (C=O) groups is 2. The minimum atomic E-state index is -0.347. The average molecular weight is 372 g/mol. The molecule has 8 nitrogen and oxygen atoms in total. The fourth-order valence-corrected chi connectivity index (χ4v) is 2.17.